The highest BCUT2D eigenvalue weighted by Crippen LogP contribution is 2.30. The van der Waals surface area contributed by atoms with Gasteiger partial charge in [0, 0.05) is 6.42 Å². The lowest BCUT2D eigenvalue weighted by Crippen LogP contribution is -2.15. The smallest absolute Gasteiger partial charge is 0.228 e. The third-order valence-electron chi connectivity index (χ3n) is 3.56. The van der Waals surface area contributed by atoms with Gasteiger partial charge in [-0.1, -0.05) is 18.2 Å². The van der Waals surface area contributed by atoms with E-state index in [0.29, 0.717) is 30.4 Å². The molecular weight excluding hydrogens is 294 g/mol. The second kappa shape index (κ2) is 7.05. The van der Waals surface area contributed by atoms with Gasteiger partial charge in [0.05, 0.1) is 32.4 Å². The summed E-state index contributed by atoms with van der Waals surface area (Å²) in [5, 5.41) is 2.87. The van der Waals surface area contributed by atoms with E-state index in [9.17, 15) is 4.79 Å². The second-order valence-electron chi connectivity index (χ2n) is 5.26. The number of carbonyl (C=O) groups is 1. The number of rotatable bonds is 4. The molecule has 3 rings (SSSR count). The lowest BCUT2D eigenvalue weighted by atomic mass is 10.1. The van der Waals surface area contributed by atoms with E-state index in [4.69, 9.17) is 14.2 Å². The molecule has 0 saturated carbocycles. The largest absolute Gasteiger partial charge is 0.495 e. The molecule has 0 saturated heterocycles. The van der Waals surface area contributed by atoms with E-state index < -0.39 is 0 Å². The maximum absolute atomic E-state index is 12.2. The zero-order chi connectivity index (χ0) is 16.1. The molecule has 2 aromatic rings. The van der Waals surface area contributed by atoms with Crippen LogP contribution < -0.4 is 19.5 Å². The van der Waals surface area contributed by atoms with Crippen molar-refractivity contribution in [3.63, 3.8) is 0 Å². The van der Waals surface area contributed by atoms with Crippen LogP contribution in [0.1, 0.15) is 12.0 Å². The fraction of sp³-hybridized carbons (Fsp3) is 0.278. The molecule has 0 bridgehead atoms. The van der Waals surface area contributed by atoms with Crippen molar-refractivity contribution < 1.29 is 19.0 Å². The summed E-state index contributed by atoms with van der Waals surface area (Å²) in [6.07, 6.45) is 1.12. The zero-order valence-corrected chi connectivity index (χ0v) is 13.0. The Labute approximate surface area is 135 Å². The van der Waals surface area contributed by atoms with Gasteiger partial charge in [0.2, 0.25) is 5.91 Å². The number of benzene rings is 2. The van der Waals surface area contributed by atoms with Crippen molar-refractivity contribution in [1.29, 1.82) is 0 Å². The fourth-order valence-corrected chi connectivity index (χ4v) is 2.45. The topological polar surface area (TPSA) is 56.8 Å². The monoisotopic (exact) mass is 313 g/mol. The van der Waals surface area contributed by atoms with Crippen LogP contribution in [0.4, 0.5) is 5.69 Å². The molecule has 0 unspecified atom stereocenters. The van der Waals surface area contributed by atoms with Crippen molar-refractivity contribution in [2.45, 2.75) is 12.8 Å². The van der Waals surface area contributed by atoms with Gasteiger partial charge < -0.3 is 19.5 Å². The van der Waals surface area contributed by atoms with Crippen LogP contribution >= 0.6 is 0 Å². The number of anilines is 1. The molecule has 1 aliphatic heterocycles. The van der Waals surface area contributed by atoms with Gasteiger partial charge in [-0.15, -0.1) is 0 Å². The summed E-state index contributed by atoms with van der Waals surface area (Å²) in [6.45, 7) is 1.28. The predicted octanol–water partition coefficient (Wildman–Crippen LogP) is 3.04. The molecule has 1 aliphatic rings. The number of nitrogens with one attached hydrogen (secondary N) is 1. The minimum atomic E-state index is -0.107. The molecular formula is C18H19NO4. The highest BCUT2D eigenvalue weighted by molar-refractivity contribution is 5.93. The van der Waals surface area contributed by atoms with Crippen LogP contribution in [0.5, 0.6) is 17.2 Å². The van der Waals surface area contributed by atoms with Gasteiger partial charge in [-0.2, -0.15) is 0 Å². The van der Waals surface area contributed by atoms with E-state index in [1.807, 2.05) is 42.5 Å². The van der Waals surface area contributed by atoms with Crippen molar-refractivity contribution in [3.05, 3.63) is 48.0 Å². The van der Waals surface area contributed by atoms with Gasteiger partial charge in [-0.3, -0.25) is 4.79 Å². The number of carbonyl (C=O) groups excluding carboxylic acids is 1. The summed E-state index contributed by atoms with van der Waals surface area (Å²) >= 11 is 0. The number of hydrogen-bond donors (Lipinski definition) is 1. The Kier molecular flexibility index (Phi) is 4.66. The maximum atomic E-state index is 12.2. The van der Waals surface area contributed by atoms with E-state index in [1.165, 1.54) is 0 Å². The normalized spacial score (nSPS) is 13.1. The summed E-state index contributed by atoms with van der Waals surface area (Å²) in [6, 6.07) is 12.9. The lowest BCUT2D eigenvalue weighted by molar-refractivity contribution is -0.115. The first-order valence-electron chi connectivity index (χ1n) is 7.57. The molecule has 5 nitrogen and oxygen atoms in total. The summed E-state index contributed by atoms with van der Waals surface area (Å²) < 4.78 is 16.5. The van der Waals surface area contributed by atoms with Crippen molar-refractivity contribution in [2.75, 3.05) is 25.6 Å². The molecule has 0 fully saturated rings. The van der Waals surface area contributed by atoms with E-state index in [0.717, 1.165) is 17.7 Å². The predicted molar refractivity (Wildman–Crippen MR) is 87.4 cm³/mol. The molecule has 1 heterocycles. The van der Waals surface area contributed by atoms with Crippen LogP contribution in [0, 0.1) is 0 Å². The van der Waals surface area contributed by atoms with Gasteiger partial charge in [-0.25, -0.2) is 0 Å². The number of para-hydroxylation sites is 2. The van der Waals surface area contributed by atoms with Gasteiger partial charge in [0.25, 0.3) is 0 Å². The third kappa shape index (κ3) is 3.74. The molecule has 2 aromatic carbocycles. The standard InChI is InChI=1S/C18H19NO4/c1-21-15-6-3-2-5-14(15)19-18(20)12-13-7-8-16-17(11-13)23-10-4-9-22-16/h2-3,5-8,11H,4,9-10,12H2,1H3,(H,19,20). The Hall–Kier alpha value is -2.69. The first kappa shape index (κ1) is 15.2. The SMILES string of the molecule is COc1ccccc1NC(=O)Cc1ccc2c(c1)OCCCO2. The van der Waals surface area contributed by atoms with Crippen molar-refractivity contribution >= 4 is 11.6 Å². The molecule has 0 radical (unpaired) electrons. The maximum Gasteiger partial charge on any atom is 0.228 e. The quantitative estimate of drug-likeness (QED) is 0.942. The number of hydrogen-bond acceptors (Lipinski definition) is 4. The molecule has 23 heavy (non-hydrogen) atoms. The highest BCUT2D eigenvalue weighted by atomic mass is 16.5. The summed E-state index contributed by atoms with van der Waals surface area (Å²) in [4.78, 5) is 12.2. The first-order chi connectivity index (χ1) is 11.3. The Morgan fingerprint density at radius 3 is 2.74 bits per heavy atom. The van der Waals surface area contributed by atoms with Crippen LogP contribution in [0.2, 0.25) is 0 Å². The molecule has 0 aliphatic carbocycles. The minimum Gasteiger partial charge on any atom is -0.495 e. The molecule has 0 atom stereocenters. The van der Waals surface area contributed by atoms with Crippen LogP contribution in [-0.4, -0.2) is 26.2 Å². The Bertz CT molecular complexity index is 699. The molecule has 0 aromatic heterocycles. The minimum absolute atomic E-state index is 0.107. The van der Waals surface area contributed by atoms with Gasteiger partial charge >= 0.3 is 0 Å². The van der Waals surface area contributed by atoms with E-state index in [1.54, 1.807) is 7.11 Å². The van der Waals surface area contributed by atoms with Gasteiger partial charge in [0.15, 0.2) is 11.5 Å². The molecule has 120 valence electrons. The van der Waals surface area contributed by atoms with Crippen LogP contribution in [0.25, 0.3) is 0 Å². The number of methoxy groups -OCH3 is 1. The van der Waals surface area contributed by atoms with Crippen molar-refractivity contribution in [3.8, 4) is 17.2 Å². The first-order valence-corrected chi connectivity index (χ1v) is 7.57. The fourth-order valence-electron chi connectivity index (χ4n) is 2.45. The van der Waals surface area contributed by atoms with E-state index in [-0.39, 0.29) is 12.3 Å². The Morgan fingerprint density at radius 1 is 1.13 bits per heavy atom. The highest BCUT2D eigenvalue weighted by Gasteiger charge is 2.13. The lowest BCUT2D eigenvalue weighted by Gasteiger charge is -2.11. The number of ether oxygens (including phenoxy) is 3. The van der Waals surface area contributed by atoms with Gasteiger partial charge in [-0.05, 0) is 29.8 Å². The third-order valence-corrected chi connectivity index (χ3v) is 3.56. The zero-order valence-electron chi connectivity index (χ0n) is 13.0. The molecule has 5 heteroatoms. The number of amides is 1. The second-order valence-corrected chi connectivity index (χ2v) is 5.26. The number of fused-ring (bicyclic) bond motifs is 1. The van der Waals surface area contributed by atoms with Gasteiger partial charge in [0.1, 0.15) is 5.75 Å². The van der Waals surface area contributed by atoms with Crippen LogP contribution in [-0.2, 0) is 11.2 Å². The molecule has 1 amide bonds. The summed E-state index contributed by atoms with van der Waals surface area (Å²) in [5.74, 6) is 1.96. The summed E-state index contributed by atoms with van der Waals surface area (Å²) in [5.41, 5.74) is 1.54. The Balaban J connectivity index is 1.69. The molecule has 1 N–H and O–H groups in total. The van der Waals surface area contributed by atoms with Crippen LogP contribution in [0.15, 0.2) is 42.5 Å². The Morgan fingerprint density at radius 2 is 1.91 bits per heavy atom. The summed E-state index contributed by atoms with van der Waals surface area (Å²) in [7, 11) is 1.58. The average Bonchev–Trinajstić information content (AvgIpc) is 2.80. The van der Waals surface area contributed by atoms with Crippen molar-refractivity contribution in [2.24, 2.45) is 0 Å². The van der Waals surface area contributed by atoms with Crippen LogP contribution in [0.3, 0.4) is 0 Å². The van der Waals surface area contributed by atoms with E-state index >= 15 is 0 Å². The average molecular weight is 313 g/mol. The molecule has 0 spiro atoms. The van der Waals surface area contributed by atoms with Crippen molar-refractivity contribution in [1.82, 2.24) is 0 Å². The van der Waals surface area contributed by atoms with E-state index in [2.05, 4.69) is 5.32 Å².